The molecule has 2 N–H and O–H groups in total. The van der Waals surface area contributed by atoms with Crippen molar-refractivity contribution in [3.63, 3.8) is 0 Å². The van der Waals surface area contributed by atoms with Gasteiger partial charge in [-0.2, -0.15) is 13.2 Å². The predicted molar refractivity (Wildman–Crippen MR) is 86.6 cm³/mol. The van der Waals surface area contributed by atoms with Crippen molar-refractivity contribution in [1.82, 2.24) is 0 Å². The molecule has 0 aliphatic carbocycles. The molecule has 0 bridgehead atoms. The first-order chi connectivity index (χ1) is 10.9. The van der Waals surface area contributed by atoms with Gasteiger partial charge in [0.25, 0.3) is 0 Å². The lowest BCUT2D eigenvalue weighted by Gasteiger charge is -2.21. The van der Waals surface area contributed by atoms with Crippen LogP contribution in [0, 0.1) is 0 Å². The summed E-state index contributed by atoms with van der Waals surface area (Å²) in [4.78, 5) is 0. The van der Waals surface area contributed by atoms with E-state index in [4.69, 9.17) is 10.5 Å². The predicted octanol–water partition coefficient (Wildman–Crippen LogP) is 5.36. The third kappa shape index (κ3) is 4.38. The first kappa shape index (κ1) is 17.6. The summed E-state index contributed by atoms with van der Waals surface area (Å²) >= 11 is 0. The SMILES string of the molecule is CCCCCCOc1ccc2ccccc2c1[C@H](N)C(F)(F)F. The average Bonchev–Trinajstić information content (AvgIpc) is 2.52. The first-order valence-corrected chi connectivity index (χ1v) is 7.92. The Kier molecular flexibility index (Phi) is 5.88. The van der Waals surface area contributed by atoms with Crippen molar-refractivity contribution in [2.24, 2.45) is 5.73 Å². The first-order valence-electron chi connectivity index (χ1n) is 7.92. The summed E-state index contributed by atoms with van der Waals surface area (Å²) in [6.45, 7) is 2.50. The van der Waals surface area contributed by atoms with E-state index in [9.17, 15) is 13.2 Å². The van der Waals surface area contributed by atoms with Gasteiger partial charge in [-0.15, -0.1) is 0 Å². The van der Waals surface area contributed by atoms with Crippen LogP contribution in [-0.2, 0) is 0 Å². The number of nitrogens with two attached hydrogens (primary N) is 1. The number of rotatable bonds is 7. The van der Waals surface area contributed by atoms with E-state index in [-0.39, 0.29) is 11.3 Å². The van der Waals surface area contributed by atoms with Crippen LogP contribution in [0.1, 0.15) is 44.2 Å². The number of benzene rings is 2. The van der Waals surface area contributed by atoms with E-state index < -0.39 is 12.2 Å². The molecule has 5 heteroatoms. The number of hydrogen-bond donors (Lipinski definition) is 1. The molecular formula is C18H22F3NO. The topological polar surface area (TPSA) is 35.2 Å². The summed E-state index contributed by atoms with van der Waals surface area (Å²) in [6, 6.07) is 8.22. The van der Waals surface area contributed by atoms with Gasteiger partial charge in [-0.1, -0.05) is 56.5 Å². The van der Waals surface area contributed by atoms with Gasteiger partial charge in [0.05, 0.1) is 6.61 Å². The zero-order valence-electron chi connectivity index (χ0n) is 13.2. The van der Waals surface area contributed by atoms with Crippen LogP contribution in [0.2, 0.25) is 0 Å². The zero-order valence-corrected chi connectivity index (χ0v) is 13.2. The molecule has 2 nitrogen and oxygen atoms in total. The van der Waals surface area contributed by atoms with Crippen LogP contribution in [0.15, 0.2) is 36.4 Å². The van der Waals surface area contributed by atoms with Crippen LogP contribution in [0.25, 0.3) is 10.8 Å². The Bertz CT molecular complexity index is 640. The van der Waals surface area contributed by atoms with E-state index in [1.165, 1.54) is 0 Å². The van der Waals surface area contributed by atoms with Gasteiger partial charge in [0.2, 0.25) is 0 Å². The van der Waals surface area contributed by atoms with E-state index in [0.29, 0.717) is 12.0 Å². The molecule has 0 fully saturated rings. The fourth-order valence-electron chi connectivity index (χ4n) is 2.60. The minimum Gasteiger partial charge on any atom is -0.493 e. The van der Waals surface area contributed by atoms with E-state index >= 15 is 0 Å². The molecule has 23 heavy (non-hydrogen) atoms. The Labute approximate surface area is 134 Å². The van der Waals surface area contributed by atoms with Crippen molar-refractivity contribution in [2.75, 3.05) is 6.61 Å². The summed E-state index contributed by atoms with van der Waals surface area (Å²) in [7, 11) is 0. The second-order valence-corrected chi connectivity index (χ2v) is 5.63. The van der Waals surface area contributed by atoms with Gasteiger partial charge in [-0.25, -0.2) is 0 Å². The molecule has 0 saturated carbocycles. The van der Waals surface area contributed by atoms with Gasteiger partial charge in [-0.05, 0) is 23.3 Å². The fraction of sp³-hybridized carbons (Fsp3) is 0.444. The average molecular weight is 325 g/mol. The van der Waals surface area contributed by atoms with Gasteiger partial charge < -0.3 is 10.5 Å². The van der Waals surface area contributed by atoms with Crippen LogP contribution < -0.4 is 10.5 Å². The minimum absolute atomic E-state index is 0.0195. The molecule has 0 amide bonds. The highest BCUT2D eigenvalue weighted by Crippen LogP contribution is 2.39. The molecule has 0 aliphatic rings. The largest absolute Gasteiger partial charge is 0.493 e. The molecule has 1 atom stereocenters. The second kappa shape index (κ2) is 7.68. The number of fused-ring (bicyclic) bond motifs is 1. The van der Waals surface area contributed by atoms with Crippen LogP contribution in [0.3, 0.4) is 0 Å². The molecule has 2 aromatic rings. The lowest BCUT2D eigenvalue weighted by molar-refractivity contribution is -0.149. The number of ether oxygens (including phenoxy) is 1. The van der Waals surface area contributed by atoms with Gasteiger partial charge in [0, 0.05) is 5.56 Å². The lowest BCUT2D eigenvalue weighted by atomic mass is 9.97. The third-order valence-electron chi connectivity index (χ3n) is 3.85. The number of unbranched alkanes of at least 4 members (excludes halogenated alkanes) is 3. The highest BCUT2D eigenvalue weighted by atomic mass is 19.4. The number of alkyl halides is 3. The van der Waals surface area contributed by atoms with E-state index in [2.05, 4.69) is 6.92 Å². The highest BCUT2D eigenvalue weighted by molar-refractivity contribution is 5.88. The molecule has 0 aliphatic heterocycles. The van der Waals surface area contributed by atoms with Gasteiger partial charge in [0.1, 0.15) is 11.8 Å². The van der Waals surface area contributed by atoms with Crippen LogP contribution in [0.4, 0.5) is 13.2 Å². The van der Waals surface area contributed by atoms with Crippen molar-refractivity contribution < 1.29 is 17.9 Å². The molecule has 0 aromatic heterocycles. The van der Waals surface area contributed by atoms with Gasteiger partial charge in [-0.3, -0.25) is 0 Å². The van der Waals surface area contributed by atoms with Crippen LogP contribution >= 0.6 is 0 Å². The van der Waals surface area contributed by atoms with Crippen molar-refractivity contribution in [3.05, 3.63) is 42.0 Å². The maximum Gasteiger partial charge on any atom is 0.407 e. The van der Waals surface area contributed by atoms with Crippen molar-refractivity contribution in [2.45, 2.75) is 44.8 Å². The molecule has 0 spiro atoms. The molecule has 0 heterocycles. The summed E-state index contributed by atoms with van der Waals surface area (Å²) < 4.78 is 45.1. The molecule has 2 rings (SSSR count). The summed E-state index contributed by atoms with van der Waals surface area (Å²) in [5, 5.41) is 1.21. The molecule has 0 saturated heterocycles. The van der Waals surface area contributed by atoms with Crippen molar-refractivity contribution in [3.8, 4) is 5.75 Å². The molecule has 0 unspecified atom stereocenters. The van der Waals surface area contributed by atoms with Crippen molar-refractivity contribution >= 4 is 10.8 Å². The monoisotopic (exact) mass is 325 g/mol. The summed E-state index contributed by atoms with van der Waals surface area (Å²) in [5.74, 6) is 0.227. The Balaban J connectivity index is 2.32. The van der Waals surface area contributed by atoms with Crippen LogP contribution in [0.5, 0.6) is 5.75 Å². The zero-order chi connectivity index (χ0) is 16.9. The van der Waals surface area contributed by atoms with E-state index in [1.807, 2.05) is 0 Å². The molecule has 0 radical (unpaired) electrons. The molecule has 126 valence electrons. The van der Waals surface area contributed by atoms with Crippen molar-refractivity contribution in [1.29, 1.82) is 0 Å². The smallest absolute Gasteiger partial charge is 0.407 e. The third-order valence-corrected chi connectivity index (χ3v) is 3.85. The standard InChI is InChI=1S/C18H22F3NO/c1-2-3-4-7-12-23-15-11-10-13-8-5-6-9-14(13)16(15)17(22)18(19,20)21/h5-6,8-11,17H,2-4,7,12,22H2,1H3/t17-/m0/s1. The normalized spacial score (nSPS) is 13.3. The van der Waals surface area contributed by atoms with E-state index in [0.717, 1.165) is 31.1 Å². The maximum atomic E-state index is 13.2. The maximum absolute atomic E-state index is 13.2. The quantitative estimate of drug-likeness (QED) is 0.695. The van der Waals surface area contributed by atoms with Gasteiger partial charge in [0.15, 0.2) is 0 Å². The Morgan fingerprint density at radius 3 is 2.48 bits per heavy atom. The Hall–Kier alpha value is -1.75. The molecule has 2 aromatic carbocycles. The lowest BCUT2D eigenvalue weighted by Crippen LogP contribution is -2.29. The van der Waals surface area contributed by atoms with Crippen LogP contribution in [-0.4, -0.2) is 12.8 Å². The fourth-order valence-corrected chi connectivity index (χ4v) is 2.60. The minimum atomic E-state index is -4.51. The van der Waals surface area contributed by atoms with Gasteiger partial charge >= 0.3 is 6.18 Å². The summed E-state index contributed by atoms with van der Waals surface area (Å²) in [5.41, 5.74) is 5.51. The number of halogens is 3. The highest BCUT2D eigenvalue weighted by Gasteiger charge is 2.40. The Morgan fingerprint density at radius 2 is 1.78 bits per heavy atom. The number of hydrogen-bond acceptors (Lipinski definition) is 2. The molecular weight excluding hydrogens is 303 g/mol. The van der Waals surface area contributed by atoms with E-state index in [1.54, 1.807) is 36.4 Å². The second-order valence-electron chi connectivity index (χ2n) is 5.63. The Morgan fingerprint density at radius 1 is 1.04 bits per heavy atom. The summed E-state index contributed by atoms with van der Waals surface area (Å²) in [6.07, 6.45) is -0.493.